The normalized spacial score (nSPS) is 15.0. The first-order chi connectivity index (χ1) is 16.4. The molecule has 1 fully saturated rings. The van der Waals surface area contributed by atoms with Gasteiger partial charge in [-0.05, 0) is 38.1 Å². The van der Waals surface area contributed by atoms with Crippen LogP contribution in [0.3, 0.4) is 0 Å². The lowest BCUT2D eigenvalue weighted by Crippen LogP contribution is -2.44. The molecular weight excluding hydrogens is 478 g/mol. The second-order valence-electron chi connectivity index (χ2n) is 8.23. The minimum atomic E-state index is -0.410. The van der Waals surface area contributed by atoms with Crippen LogP contribution in [0.2, 0.25) is 10.0 Å². The Hall–Kier alpha value is -2.94. The maximum absolute atomic E-state index is 15.0. The standard InChI is InChI=1S/C24H23Cl2FN6O/c1-13-22(26)21(18(25)12-29-13)14(2)34-16-3-4-20-17(10-16)23(32-31-20)15-9-19(27)24(30-11-15)33-7-5-28-6-8-33/h3-4,9-12,14,28H,5-8H2,1-2H3,(H,31,32)/t14-/m1/s1. The van der Waals surface area contributed by atoms with Gasteiger partial charge in [0.15, 0.2) is 11.6 Å². The number of nitrogens with zero attached hydrogens (tertiary/aromatic N) is 4. The number of halogens is 3. The molecule has 0 saturated carbocycles. The van der Waals surface area contributed by atoms with Gasteiger partial charge in [0.1, 0.15) is 17.5 Å². The van der Waals surface area contributed by atoms with Crippen LogP contribution >= 0.6 is 23.2 Å². The van der Waals surface area contributed by atoms with Crippen molar-refractivity contribution in [2.24, 2.45) is 0 Å². The highest BCUT2D eigenvalue weighted by molar-refractivity contribution is 6.36. The van der Waals surface area contributed by atoms with E-state index < -0.39 is 6.10 Å². The average molecular weight is 501 g/mol. The van der Waals surface area contributed by atoms with E-state index in [0.29, 0.717) is 44.1 Å². The molecule has 5 rings (SSSR count). The molecule has 1 aromatic carbocycles. The molecule has 0 unspecified atom stereocenters. The molecule has 1 saturated heterocycles. The third-order valence-corrected chi connectivity index (χ3v) is 6.73. The van der Waals surface area contributed by atoms with Gasteiger partial charge in [-0.2, -0.15) is 5.10 Å². The molecule has 3 aromatic heterocycles. The summed E-state index contributed by atoms with van der Waals surface area (Å²) in [4.78, 5) is 10.5. The number of aromatic nitrogens is 4. The fraction of sp³-hybridized carbons (Fsp3) is 0.292. The number of aryl methyl sites for hydroxylation is 1. The van der Waals surface area contributed by atoms with Gasteiger partial charge in [0, 0.05) is 55.1 Å². The van der Waals surface area contributed by atoms with Crippen molar-refractivity contribution in [2.75, 3.05) is 31.1 Å². The Bertz CT molecular complexity index is 1360. The van der Waals surface area contributed by atoms with Gasteiger partial charge in [0.05, 0.1) is 21.3 Å². The topological polar surface area (TPSA) is 79.0 Å². The van der Waals surface area contributed by atoms with Crippen LogP contribution in [-0.2, 0) is 0 Å². The summed E-state index contributed by atoms with van der Waals surface area (Å²) >= 11 is 12.8. The molecule has 176 valence electrons. The molecule has 4 heterocycles. The van der Waals surface area contributed by atoms with Crippen molar-refractivity contribution in [3.63, 3.8) is 0 Å². The molecule has 0 aliphatic carbocycles. The van der Waals surface area contributed by atoms with E-state index >= 15 is 0 Å². The lowest BCUT2D eigenvalue weighted by atomic mass is 10.1. The van der Waals surface area contributed by atoms with Gasteiger partial charge in [-0.3, -0.25) is 10.1 Å². The predicted octanol–water partition coefficient (Wildman–Crippen LogP) is 5.32. The number of benzene rings is 1. The Labute approximate surface area is 206 Å². The smallest absolute Gasteiger partial charge is 0.166 e. The number of H-pyrrole nitrogens is 1. The fourth-order valence-electron chi connectivity index (χ4n) is 4.17. The van der Waals surface area contributed by atoms with Crippen molar-refractivity contribution in [3.05, 3.63) is 63.8 Å². The zero-order valence-corrected chi connectivity index (χ0v) is 20.2. The second kappa shape index (κ2) is 9.37. The van der Waals surface area contributed by atoms with Crippen molar-refractivity contribution in [1.29, 1.82) is 0 Å². The zero-order valence-electron chi connectivity index (χ0n) is 18.7. The van der Waals surface area contributed by atoms with E-state index in [-0.39, 0.29) is 5.82 Å². The van der Waals surface area contributed by atoms with Gasteiger partial charge in [0.25, 0.3) is 0 Å². The van der Waals surface area contributed by atoms with E-state index in [4.69, 9.17) is 27.9 Å². The highest BCUT2D eigenvalue weighted by Crippen LogP contribution is 2.36. The first-order valence-corrected chi connectivity index (χ1v) is 11.7. The van der Waals surface area contributed by atoms with Crippen LogP contribution in [-0.4, -0.2) is 46.3 Å². The van der Waals surface area contributed by atoms with E-state index in [1.54, 1.807) is 12.4 Å². The van der Waals surface area contributed by atoms with Crippen LogP contribution in [0.15, 0.2) is 36.7 Å². The summed E-state index contributed by atoms with van der Waals surface area (Å²) in [5.74, 6) is 0.605. The van der Waals surface area contributed by atoms with Gasteiger partial charge in [0.2, 0.25) is 0 Å². The van der Waals surface area contributed by atoms with Crippen LogP contribution < -0.4 is 15.0 Å². The quantitative estimate of drug-likeness (QED) is 0.385. The Morgan fingerprint density at radius 1 is 1.12 bits per heavy atom. The highest BCUT2D eigenvalue weighted by Gasteiger charge is 2.20. The molecule has 7 nitrogen and oxygen atoms in total. The van der Waals surface area contributed by atoms with E-state index in [1.165, 1.54) is 6.07 Å². The number of rotatable bonds is 5. The predicted molar refractivity (Wildman–Crippen MR) is 132 cm³/mol. The Morgan fingerprint density at radius 3 is 2.68 bits per heavy atom. The summed E-state index contributed by atoms with van der Waals surface area (Å²) in [5, 5.41) is 12.4. The number of fused-ring (bicyclic) bond motifs is 1. The molecule has 34 heavy (non-hydrogen) atoms. The van der Waals surface area contributed by atoms with Gasteiger partial charge in [-0.15, -0.1) is 0 Å². The summed E-state index contributed by atoms with van der Waals surface area (Å²) in [6, 6.07) is 7.05. The molecule has 4 aromatic rings. The van der Waals surface area contributed by atoms with Crippen LogP contribution in [0, 0.1) is 12.7 Å². The zero-order chi connectivity index (χ0) is 23.8. The second-order valence-corrected chi connectivity index (χ2v) is 9.01. The van der Waals surface area contributed by atoms with E-state index in [9.17, 15) is 4.39 Å². The lowest BCUT2D eigenvalue weighted by molar-refractivity contribution is 0.227. The van der Waals surface area contributed by atoms with Crippen molar-refractivity contribution in [3.8, 4) is 17.0 Å². The SMILES string of the molecule is Cc1ncc(Cl)c([C@@H](C)Oc2ccc3[nH]nc(-c4cnc(N5CCNCC5)c(F)c4)c3c2)c1Cl. The molecule has 0 radical (unpaired) electrons. The largest absolute Gasteiger partial charge is 0.486 e. The average Bonchev–Trinajstić information content (AvgIpc) is 3.25. The van der Waals surface area contributed by atoms with Gasteiger partial charge in [-0.25, -0.2) is 9.37 Å². The summed E-state index contributed by atoms with van der Waals surface area (Å²) in [5.41, 5.74) is 3.35. The van der Waals surface area contributed by atoms with Crippen LogP contribution in [0.25, 0.3) is 22.2 Å². The number of hydrogen-bond donors (Lipinski definition) is 2. The summed E-state index contributed by atoms with van der Waals surface area (Å²) in [7, 11) is 0. The number of ether oxygens (including phenoxy) is 1. The van der Waals surface area contributed by atoms with Gasteiger partial charge < -0.3 is 15.0 Å². The molecule has 2 N–H and O–H groups in total. The number of aromatic amines is 1. The molecule has 1 aliphatic rings. The van der Waals surface area contributed by atoms with Gasteiger partial charge >= 0.3 is 0 Å². The highest BCUT2D eigenvalue weighted by atomic mass is 35.5. The third kappa shape index (κ3) is 4.29. The Kier molecular flexibility index (Phi) is 6.29. The summed E-state index contributed by atoms with van der Waals surface area (Å²) < 4.78 is 21.1. The minimum Gasteiger partial charge on any atom is -0.486 e. The first-order valence-electron chi connectivity index (χ1n) is 11.0. The van der Waals surface area contributed by atoms with Crippen molar-refractivity contribution < 1.29 is 9.13 Å². The molecule has 1 aliphatic heterocycles. The molecular formula is C24H23Cl2FN6O. The fourth-order valence-corrected chi connectivity index (χ4v) is 4.82. The number of pyridine rings is 2. The van der Waals surface area contributed by atoms with Crippen LogP contribution in [0.5, 0.6) is 5.75 Å². The van der Waals surface area contributed by atoms with Gasteiger partial charge in [-0.1, -0.05) is 23.2 Å². The number of anilines is 1. The molecule has 0 spiro atoms. The van der Waals surface area contributed by atoms with Crippen molar-refractivity contribution in [1.82, 2.24) is 25.5 Å². The monoisotopic (exact) mass is 500 g/mol. The van der Waals surface area contributed by atoms with Crippen LogP contribution in [0.1, 0.15) is 24.3 Å². The lowest BCUT2D eigenvalue weighted by Gasteiger charge is -2.28. The number of hydrogen-bond acceptors (Lipinski definition) is 6. The molecule has 0 amide bonds. The van der Waals surface area contributed by atoms with Crippen molar-refractivity contribution >= 4 is 39.9 Å². The summed E-state index contributed by atoms with van der Waals surface area (Å²) in [6.45, 7) is 6.75. The maximum atomic E-state index is 15.0. The third-order valence-electron chi connectivity index (χ3n) is 5.95. The Morgan fingerprint density at radius 2 is 1.91 bits per heavy atom. The number of piperazine rings is 1. The molecule has 1 atom stereocenters. The van der Waals surface area contributed by atoms with Crippen molar-refractivity contribution in [2.45, 2.75) is 20.0 Å². The number of nitrogens with one attached hydrogen (secondary N) is 2. The van der Waals surface area contributed by atoms with E-state index in [0.717, 1.165) is 37.1 Å². The van der Waals surface area contributed by atoms with E-state index in [1.807, 2.05) is 36.9 Å². The first kappa shape index (κ1) is 22.8. The maximum Gasteiger partial charge on any atom is 0.166 e. The van der Waals surface area contributed by atoms with Crippen LogP contribution in [0.4, 0.5) is 10.2 Å². The minimum absolute atomic E-state index is 0.365. The van der Waals surface area contributed by atoms with E-state index in [2.05, 4.69) is 25.5 Å². The molecule has 0 bridgehead atoms. The Balaban J connectivity index is 1.45. The molecule has 10 heteroatoms. The summed E-state index contributed by atoms with van der Waals surface area (Å²) in [6.07, 6.45) is 2.82.